The molecule has 3 rings (SSSR count). The van der Waals surface area contributed by atoms with E-state index in [2.05, 4.69) is 5.32 Å². The summed E-state index contributed by atoms with van der Waals surface area (Å²) in [6, 6.07) is 0. The van der Waals surface area contributed by atoms with Crippen molar-refractivity contribution in [3.05, 3.63) is 0 Å². The van der Waals surface area contributed by atoms with E-state index in [0.29, 0.717) is 32.8 Å². The number of carbonyl (C=O) groups excluding carboxylic acids is 2. The van der Waals surface area contributed by atoms with Crippen molar-refractivity contribution in [2.45, 2.75) is 32.0 Å². The van der Waals surface area contributed by atoms with Gasteiger partial charge in [0, 0.05) is 19.0 Å². The first-order valence-corrected chi connectivity index (χ1v) is 7.63. The normalized spacial score (nSPS) is 32.5. The fourth-order valence-corrected chi connectivity index (χ4v) is 3.82. The number of nitrogens with one attached hydrogen (secondary N) is 1. The van der Waals surface area contributed by atoms with Crippen molar-refractivity contribution in [2.24, 2.45) is 11.3 Å². The fraction of sp³-hybridized carbons (Fsp3) is 0.867. The number of fused-ring (bicyclic) bond motifs is 2. The zero-order valence-electron chi connectivity index (χ0n) is 13.6. The average molecular weight is 312 g/mol. The van der Waals surface area contributed by atoms with Gasteiger partial charge in [-0.1, -0.05) is 0 Å². The van der Waals surface area contributed by atoms with Crippen LogP contribution in [0.3, 0.4) is 0 Å². The van der Waals surface area contributed by atoms with E-state index in [1.165, 1.54) is 7.11 Å². The monoisotopic (exact) mass is 312 g/mol. The van der Waals surface area contributed by atoms with Gasteiger partial charge in [0.25, 0.3) is 0 Å². The molecule has 3 heterocycles. The zero-order valence-corrected chi connectivity index (χ0v) is 13.6. The molecule has 1 spiro atoms. The van der Waals surface area contributed by atoms with E-state index in [-0.39, 0.29) is 18.0 Å². The summed E-state index contributed by atoms with van der Waals surface area (Å²) < 4.78 is 16.3. The number of amides is 1. The smallest absolute Gasteiger partial charge is 0.410 e. The maximum absolute atomic E-state index is 12.2. The van der Waals surface area contributed by atoms with Crippen LogP contribution in [0.15, 0.2) is 0 Å². The van der Waals surface area contributed by atoms with Crippen LogP contribution >= 0.6 is 0 Å². The average Bonchev–Trinajstić information content (AvgIpc) is 2.91. The van der Waals surface area contributed by atoms with E-state index in [0.717, 1.165) is 0 Å². The van der Waals surface area contributed by atoms with Crippen LogP contribution in [-0.2, 0) is 19.0 Å². The number of rotatable bonds is 1. The molecule has 2 atom stereocenters. The first-order chi connectivity index (χ1) is 10.2. The summed E-state index contributed by atoms with van der Waals surface area (Å²) in [6.07, 6.45) is -0.330. The fourth-order valence-electron chi connectivity index (χ4n) is 3.82. The molecule has 3 saturated heterocycles. The quantitative estimate of drug-likeness (QED) is 0.706. The van der Waals surface area contributed by atoms with Crippen LogP contribution in [0.25, 0.3) is 0 Å². The third kappa shape index (κ3) is 2.18. The second-order valence-electron chi connectivity index (χ2n) is 7.52. The van der Waals surface area contributed by atoms with Gasteiger partial charge in [-0.2, -0.15) is 0 Å². The van der Waals surface area contributed by atoms with Crippen LogP contribution in [0.5, 0.6) is 0 Å². The summed E-state index contributed by atoms with van der Waals surface area (Å²) in [4.78, 5) is 25.9. The van der Waals surface area contributed by atoms with Gasteiger partial charge in [0.15, 0.2) is 0 Å². The second kappa shape index (κ2) is 4.83. The summed E-state index contributed by atoms with van der Waals surface area (Å²) in [5, 5.41) is 3.27. The molecule has 0 aromatic carbocycles. The van der Waals surface area contributed by atoms with E-state index in [4.69, 9.17) is 14.2 Å². The summed E-state index contributed by atoms with van der Waals surface area (Å²) in [5.41, 5.74) is -1.58. The van der Waals surface area contributed by atoms with Crippen molar-refractivity contribution in [3.63, 3.8) is 0 Å². The molecule has 0 radical (unpaired) electrons. The molecule has 22 heavy (non-hydrogen) atoms. The van der Waals surface area contributed by atoms with Crippen LogP contribution in [-0.4, -0.2) is 68.1 Å². The molecular weight excluding hydrogens is 288 g/mol. The van der Waals surface area contributed by atoms with Crippen LogP contribution in [0.2, 0.25) is 0 Å². The topological polar surface area (TPSA) is 77.1 Å². The molecule has 0 aliphatic carbocycles. The van der Waals surface area contributed by atoms with Gasteiger partial charge in [0.05, 0.1) is 26.8 Å². The largest absolute Gasteiger partial charge is 0.468 e. The van der Waals surface area contributed by atoms with E-state index in [1.807, 2.05) is 20.8 Å². The van der Waals surface area contributed by atoms with Crippen molar-refractivity contribution >= 4 is 12.1 Å². The van der Waals surface area contributed by atoms with Crippen LogP contribution in [0, 0.1) is 11.3 Å². The minimum absolute atomic E-state index is 0.0335. The number of hydrogen-bond donors (Lipinski definition) is 1. The summed E-state index contributed by atoms with van der Waals surface area (Å²) in [6.45, 7) is 8.08. The van der Waals surface area contributed by atoms with Crippen LogP contribution in [0.1, 0.15) is 20.8 Å². The number of ether oxygens (including phenoxy) is 3. The Morgan fingerprint density at radius 1 is 1.32 bits per heavy atom. The van der Waals surface area contributed by atoms with Crippen LogP contribution < -0.4 is 5.32 Å². The Labute approximate surface area is 130 Å². The molecule has 3 fully saturated rings. The molecule has 0 aromatic heterocycles. The van der Waals surface area contributed by atoms with Crippen molar-refractivity contribution < 1.29 is 23.8 Å². The highest BCUT2D eigenvalue weighted by Crippen LogP contribution is 2.52. The number of esters is 1. The zero-order chi connectivity index (χ0) is 16.2. The van der Waals surface area contributed by atoms with E-state index < -0.39 is 16.6 Å². The summed E-state index contributed by atoms with van der Waals surface area (Å²) >= 11 is 0. The van der Waals surface area contributed by atoms with Gasteiger partial charge in [-0.3, -0.25) is 4.79 Å². The second-order valence-corrected chi connectivity index (χ2v) is 7.52. The standard InChI is InChI=1S/C15H24N2O5/c1-13(2,3)22-12(19)17-7-15(8-17)10-5-16-6-14(10,9-21-15)11(18)20-4/h10,16H,5-9H2,1-4H3. The summed E-state index contributed by atoms with van der Waals surface area (Å²) in [7, 11) is 1.41. The van der Waals surface area contributed by atoms with Crippen molar-refractivity contribution in [1.29, 1.82) is 0 Å². The van der Waals surface area contributed by atoms with E-state index in [9.17, 15) is 9.59 Å². The van der Waals surface area contributed by atoms with Gasteiger partial charge in [0.2, 0.25) is 0 Å². The van der Waals surface area contributed by atoms with Gasteiger partial charge in [0.1, 0.15) is 16.6 Å². The van der Waals surface area contributed by atoms with Crippen molar-refractivity contribution in [2.75, 3.05) is 39.9 Å². The summed E-state index contributed by atoms with van der Waals surface area (Å²) in [5.74, 6) is -0.193. The lowest BCUT2D eigenvalue weighted by Crippen LogP contribution is -2.68. The molecule has 0 saturated carbocycles. The molecule has 7 nitrogen and oxygen atoms in total. The highest BCUT2D eigenvalue weighted by atomic mass is 16.6. The Morgan fingerprint density at radius 3 is 2.59 bits per heavy atom. The number of likely N-dealkylation sites (tertiary alicyclic amines) is 1. The first kappa shape index (κ1) is 15.6. The highest BCUT2D eigenvalue weighted by Gasteiger charge is 2.69. The van der Waals surface area contributed by atoms with Crippen molar-refractivity contribution in [3.8, 4) is 0 Å². The van der Waals surface area contributed by atoms with Gasteiger partial charge >= 0.3 is 12.1 Å². The van der Waals surface area contributed by atoms with Crippen LogP contribution in [0.4, 0.5) is 4.79 Å². The molecule has 2 unspecified atom stereocenters. The Balaban J connectivity index is 1.69. The Bertz CT molecular complexity index is 495. The highest BCUT2D eigenvalue weighted by molar-refractivity contribution is 5.79. The molecule has 0 aromatic rings. The number of hydrogen-bond acceptors (Lipinski definition) is 6. The lowest BCUT2D eigenvalue weighted by molar-refractivity contribution is -0.153. The molecule has 1 amide bonds. The number of methoxy groups -OCH3 is 1. The third-order valence-electron chi connectivity index (χ3n) is 4.87. The minimum Gasteiger partial charge on any atom is -0.468 e. The lowest BCUT2D eigenvalue weighted by atomic mass is 9.69. The van der Waals surface area contributed by atoms with Gasteiger partial charge in [-0.15, -0.1) is 0 Å². The van der Waals surface area contributed by atoms with E-state index in [1.54, 1.807) is 4.90 Å². The lowest BCUT2D eigenvalue weighted by Gasteiger charge is -2.50. The van der Waals surface area contributed by atoms with E-state index >= 15 is 0 Å². The maximum atomic E-state index is 12.2. The molecule has 3 aliphatic heterocycles. The Morgan fingerprint density at radius 2 is 2.00 bits per heavy atom. The number of nitrogens with zero attached hydrogens (tertiary/aromatic N) is 1. The number of carbonyl (C=O) groups is 2. The SMILES string of the molecule is COC(=O)C12CNCC1C1(CN(C(=O)OC(C)(C)C)C1)OC2. The maximum Gasteiger partial charge on any atom is 0.410 e. The van der Waals surface area contributed by atoms with Gasteiger partial charge in [-0.25, -0.2) is 4.79 Å². The molecule has 1 N–H and O–H groups in total. The molecular formula is C15H24N2O5. The molecule has 0 bridgehead atoms. The van der Waals surface area contributed by atoms with Gasteiger partial charge in [-0.05, 0) is 20.8 Å². The minimum atomic E-state index is -0.616. The first-order valence-electron chi connectivity index (χ1n) is 7.63. The molecule has 3 aliphatic rings. The molecule has 7 heteroatoms. The predicted molar refractivity (Wildman–Crippen MR) is 77.3 cm³/mol. The Kier molecular flexibility index (Phi) is 3.41. The predicted octanol–water partition coefficient (Wildman–Crippen LogP) is 0.385. The van der Waals surface area contributed by atoms with Gasteiger partial charge < -0.3 is 24.4 Å². The molecule has 124 valence electrons. The van der Waals surface area contributed by atoms with Crippen molar-refractivity contribution in [1.82, 2.24) is 10.2 Å². The Hall–Kier alpha value is -1.34. The third-order valence-corrected chi connectivity index (χ3v) is 4.87.